The molecule has 0 bridgehead atoms. The van der Waals surface area contributed by atoms with Crippen LogP contribution in [0.3, 0.4) is 0 Å². The van der Waals surface area contributed by atoms with Crippen LogP contribution in [0.1, 0.15) is 20.7 Å². The third-order valence-electron chi connectivity index (χ3n) is 6.92. The number of carbonyl (C=O) groups is 2. The molecule has 2 aliphatic rings. The van der Waals surface area contributed by atoms with Crippen LogP contribution in [0.5, 0.6) is 23.0 Å². The monoisotopic (exact) mass is 589 g/mol. The summed E-state index contributed by atoms with van der Waals surface area (Å²) in [5.41, 5.74) is 2.71. The van der Waals surface area contributed by atoms with Crippen molar-refractivity contribution in [3.63, 3.8) is 0 Å². The van der Waals surface area contributed by atoms with E-state index in [1.54, 1.807) is 54.6 Å². The maximum atomic E-state index is 13.0. The van der Waals surface area contributed by atoms with Gasteiger partial charge in [0.05, 0.1) is 10.0 Å². The fourth-order valence-electron chi connectivity index (χ4n) is 4.69. The highest BCUT2D eigenvalue weighted by Crippen LogP contribution is 2.33. The first-order valence-electron chi connectivity index (χ1n) is 13.0. The van der Waals surface area contributed by atoms with Gasteiger partial charge in [-0.3, -0.25) is 9.59 Å². The Kier molecular flexibility index (Phi) is 7.59. The predicted molar refractivity (Wildman–Crippen MR) is 158 cm³/mol. The molecule has 4 aromatic carbocycles. The fourth-order valence-corrected chi connectivity index (χ4v) is 4.99. The van der Waals surface area contributed by atoms with Gasteiger partial charge in [0, 0.05) is 48.7 Å². The van der Waals surface area contributed by atoms with Crippen molar-refractivity contribution < 1.29 is 23.8 Å². The molecule has 1 N–H and O–H groups in total. The summed E-state index contributed by atoms with van der Waals surface area (Å²) < 4.78 is 16.7. The molecule has 8 nitrogen and oxygen atoms in total. The molecule has 1 fully saturated rings. The number of anilines is 2. The second-order valence-corrected chi connectivity index (χ2v) is 10.4. The molecule has 2 amide bonds. The van der Waals surface area contributed by atoms with E-state index >= 15 is 0 Å². The largest absolute Gasteiger partial charge is 0.457 e. The van der Waals surface area contributed by atoms with Gasteiger partial charge in [0.1, 0.15) is 11.5 Å². The minimum Gasteiger partial charge on any atom is -0.457 e. The quantitative estimate of drug-likeness (QED) is 0.268. The zero-order chi connectivity index (χ0) is 28.3. The zero-order valence-corrected chi connectivity index (χ0v) is 23.3. The van der Waals surface area contributed by atoms with Gasteiger partial charge in [-0.25, -0.2) is 0 Å². The van der Waals surface area contributed by atoms with Gasteiger partial charge in [0.2, 0.25) is 6.79 Å². The van der Waals surface area contributed by atoms with Crippen LogP contribution in [0.4, 0.5) is 11.4 Å². The zero-order valence-electron chi connectivity index (χ0n) is 21.8. The summed E-state index contributed by atoms with van der Waals surface area (Å²) in [6.07, 6.45) is 0. The second-order valence-electron chi connectivity index (χ2n) is 9.55. The third-order valence-corrected chi connectivity index (χ3v) is 7.66. The van der Waals surface area contributed by atoms with Crippen molar-refractivity contribution in [2.45, 2.75) is 0 Å². The van der Waals surface area contributed by atoms with E-state index in [1.165, 1.54) is 6.07 Å². The smallest absolute Gasteiger partial charge is 0.255 e. The number of fused-ring (bicyclic) bond motifs is 1. The molecule has 0 aliphatic carbocycles. The van der Waals surface area contributed by atoms with Crippen LogP contribution >= 0.6 is 23.2 Å². The lowest BCUT2D eigenvalue weighted by molar-refractivity contribution is 0.0746. The number of amides is 2. The molecule has 4 aromatic rings. The lowest BCUT2D eigenvalue weighted by atomic mass is 10.1. The third kappa shape index (κ3) is 6.04. The van der Waals surface area contributed by atoms with Crippen LogP contribution in [0.15, 0.2) is 84.9 Å². The Morgan fingerprint density at radius 2 is 1.37 bits per heavy atom. The summed E-state index contributed by atoms with van der Waals surface area (Å²) in [4.78, 5) is 29.6. The number of hydrogen-bond acceptors (Lipinski definition) is 6. The molecule has 6 rings (SSSR count). The van der Waals surface area contributed by atoms with E-state index < -0.39 is 0 Å². The minimum atomic E-state index is -0.286. The summed E-state index contributed by atoms with van der Waals surface area (Å²) in [7, 11) is 0. The van der Waals surface area contributed by atoms with Crippen molar-refractivity contribution in [1.29, 1.82) is 0 Å². The Balaban J connectivity index is 1.01. The molecule has 2 heterocycles. The number of nitrogens with one attached hydrogen (secondary N) is 1. The molecule has 10 heteroatoms. The van der Waals surface area contributed by atoms with Gasteiger partial charge in [0.15, 0.2) is 11.5 Å². The van der Waals surface area contributed by atoms with Gasteiger partial charge in [-0.2, -0.15) is 0 Å². The minimum absolute atomic E-state index is 0.00772. The highest BCUT2D eigenvalue weighted by molar-refractivity contribution is 6.42. The molecule has 0 atom stereocenters. The van der Waals surface area contributed by atoms with Gasteiger partial charge < -0.3 is 29.3 Å². The molecule has 0 radical (unpaired) electrons. The lowest BCUT2D eigenvalue weighted by Crippen LogP contribution is -2.48. The number of benzene rings is 4. The van der Waals surface area contributed by atoms with Crippen LogP contribution in [-0.4, -0.2) is 49.7 Å². The molecular formula is C31H25Cl2N3O5. The number of halogens is 2. The molecule has 2 aliphatic heterocycles. The van der Waals surface area contributed by atoms with E-state index in [1.807, 2.05) is 29.2 Å². The highest BCUT2D eigenvalue weighted by Gasteiger charge is 2.24. The van der Waals surface area contributed by atoms with E-state index in [0.717, 1.165) is 18.8 Å². The number of nitrogens with zero attached hydrogens (tertiary/aromatic N) is 2. The summed E-state index contributed by atoms with van der Waals surface area (Å²) in [6.45, 7) is 2.89. The maximum Gasteiger partial charge on any atom is 0.255 e. The van der Waals surface area contributed by atoms with Crippen molar-refractivity contribution >= 4 is 46.4 Å². The van der Waals surface area contributed by atoms with Gasteiger partial charge in [-0.1, -0.05) is 23.2 Å². The summed E-state index contributed by atoms with van der Waals surface area (Å²) in [5.74, 6) is 2.32. The molecule has 1 saturated heterocycles. The normalized spacial score (nSPS) is 14.1. The average molecular weight is 590 g/mol. The molecule has 0 aromatic heterocycles. The van der Waals surface area contributed by atoms with Crippen LogP contribution in [0.25, 0.3) is 0 Å². The summed E-state index contributed by atoms with van der Waals surface area (Å²) in [5, 5.41) is 3.55. The standard InChI is InChI=1S/C31H25Cl2N3O5/c32-26-11-1-20(17-27(26)33)30(37)34-22-3-7-24(8-4-22)41-25-9-5-23(6-10-25)35-13-15-36(16-14-35)31(38)21-2-12-28-29(18-21)40-19-39-28/h1-12,17-18H,13-16,19H2,(H,34,37). The van der Waals surface area contributed by atoms with Gasteiger partial charge in [-0.15, -0.1) is 0 Å². The lowest BCUT2D eigenvalue weighted by Gasteiger charge is -2.36. The van der Waals surface area contributed by atoms with E-state index in [0.29, 0.717) is 62.9 Å². The fraction of sp³-hybridized carbons (Fsp3) is 0.161. The van der Waals surface area contributed by atoms with Crippen molar-refractivity contribution in [3.05, 3.63) is 106 Å². The molecule has 0 unspecified atom stereocenters. The van der Waals surface area contributed by atoms with E-state index in [9.17, 15) is 9.59 Å². The second kappa shape index (κ2) is 11.6. The Morgan fingerprint density at radius 1 is 0.707 bits per heavy atom. The SMILES string of the molecule is O=C(Nc1ccc(Oc2ccc(N3CCN(C(=O)c4ccc5c(c4)OCO5)CC3)cc2)cc1)c1ccc(Cl)c(Cl)c1. The van der Waals surface area contributed by atoms with Gasteiger partial charge in [0.25, 0.3) is 11.8 Å². The van der Waals surface area contributed by atoms with E-state index in [2.05, 4.69) is 10.2 Å². The Morgan fingerprint density at radius 3 is 2.07 bits per heavy atom. The first-order valence-corrected chi connectivity index (χ1v) is 13.8. The number of hydrogen-bond donors (Lipinski definition) is 1. The first-order chi connectivity index (χ1) is 19.9. The van der Waals surface area contributed by atoms with E-state index in [4.69, 9.17) is 37.4 Å². The summed E-state index contributed by atoms with van der Waals surface area (Å²) >= 11 is 11.9. The Bertz CT molecular complexity index is 1590. The van der Waals surface area contributed by atoms with E-state index in [-0.39, 0.29) is 18.6 Å². The van der Waals surface area contributed by atoms with Crippen LogP contribution < -0.4 is 24.4 Å². The Hall–Kier alpha value is -4.40. The van der Waals surface area contributed by atoms with Crippen LogP contribution in [-0.2, 0) is 0 Å². The predicted octanol–water partition coefficient (Wildman–Crippen LogP) is 6.73. The topological polar surface area (TPSA) is 80.3 Å². The number of rotatable bonds is 6. The average Bonchev–Trinajstić information content (AvgIpc) is 3.48. The molecular weight excluding hydrogens is 565 g/mol. The molecule has 0 saturated carbocycles. The highest BCUT2D eigenvalue weighted by atomic mass is 35.5. The van der Waals surface area contributed by atoms with Crippen molar-refractivity contribution in [2.75, 3.05) is 43.2 Å². The Labute approximate surface area is 246 Å². The summed E-state index contributed by atoms with van der Waals surface area (Å²) in [6, 6.07) is 25.0. The number of ether oxygens (including phenoxy) is 3. The molecule has 0 spiro atoms. The van der Waals surface area contributed by atoms with Gasteiger partial charge >= 0.3 is 0 Å². The van der Waals surface area contributed by atoms with Crippen molar-refractivity contribution in [3.8, 4) is 23.0 Å². The first kappa shape index (κ1) is 26.8. The van der Waals surface area contributed by atoms with Crippen LogP contribution in [0.2, 0.25) is 10.0 Å². The van der Waals surface area contributed by atoms with Gasteiger partial charge in [-0.05, 0) is 84.9 Å². The van der Waals surface area contributed by atoms with Crippen LogP contribution in [0, 0.1) is 0 Å². The van der Waals surface area contributed by atoms with Crippen molar-refractivity contribution in [1.82, 2.24) is 4.90 Å². The molecule has 41 heavy (non-hydrogen) atoms. The number of carbonyl (C=O) groups excluding carboxylic acids is 2. The number of piperazine rings is 1. The molecule has 208 valence electrons. The maximum absolute atomic E-state index is 13.0. The van der Waals surface area contributed by atoms with Crippen molar-refractivity contribution in [2.24, 2.45) is 0 Å².